The Kier molecular flexibility index (Phi) is 5.60. The zero-order valence-corrected chi connectivity index (χ0v) is 13.3. The fraction of sp³-hybridized carbons (Fsp3) is 0.625. The van der Waals surface area contributed by atoms with Gasteiger partial charge >= 0.3 is 5.97 Å². The van der Waals surface area contributed by atoms with Crippen molar-refractivity contribution in [2.24, 2.45) is 0 Å². The molecule has 1 aliphatic rings. The van der Waals surface area contributed by atoms with Crippen molar-refractivity contribution in [3.05, 3.63) is 23.2 Å². The molecule has 1 N–H and O–H groups in total. The van der Waals surface area contributed by atoms with Crippen molar-refractivity contribution in [1.82, 2.24) is 9.80 Å². The molecule has 0 saturated carbocycles. The van der Waals surface area contributed by atoms with Crippen molar-refractivity contribution in [3.63, 3.8) is 0 Å². The highest BCUT2D eigenvalue weighted by molar-refractivity contribution is 5.95. The molecular weight excluding hydrogens is 284 g/mol. The maximum atomic E-state index is 12.5. The molecular formula is C16H24N2O4. The molecule has 0 aromatic carbocycles. The number of carbonyl (C=O) groups is 2. The van der Waals surface area contributed by atoms with Gasteiger partial charge in [-0.3, -0.25) is 14.5 Å². The number of hydrogen-bond donors (Lipinski definition) is 1. The molecule has 1 fully saturated rings. The van der Waals surface area contributed by atoms with Crippen LogP contribution in [0.25, 0.3) is 0 Å². The number of rotatable bonds is 6. The summed E-state index contributed by atoms with van der Waals surface area (Å²) in [5.74, 6) is 0.748. The summed E-state index contributed by atoms with van der Waals surface area (Å²) >= 11 is 0. The van der Waals surface area contributed by atoms with E-state index < -0.39 is 5.97 Å². The third-order valence-electron chi connectivity index (χ3n) is 4.05. The minimum Gasteiger partial charge on any atom is -0.481 e. The van der Waals surface area contributed by atoms with Crippen LogP contribution < -0.4 is 0 Å². The van der Waals surface area contributed by atoms with E-state index in [1.54, 1.807) is 6.07 Å². The number of amides is 1. The van der Waals surface area contributed by atoms with Gasteiger partial charge in [0, 0.05) is 32.6 Å². The van der Waals surface area contributed by atoms with Crippen LogP contribution in [-0.4, -0.2) is 59.5 Å². The smallest absolute Gasteiger partial charge is 0.303 e. The van der Waals surface area contributed by atoms with Crippen LogP contribution in [0.5, 0.6) is 0 Å². The van der Waals surface area contributed by atoms with E-state index in [2.05, 4.69) is 4.90 Å². The predicted molar refractivity (Wildman–Crippen MR) is 82.0 cm³/mol. The summed E-state index contributed by atoms with van der Waals surface area (Å²) in [7, 11) is 0. The fourth-order valence-electron chi connectivity index (χ4n) is 2.80. The number of nitrogens with zero attached hydrogens (tertiary/aromatic N) is 2. The number of hydrogen-bond acceptors (Lipinski definition) is 4. The summed E-state index contributed by atoms with van der Waals surface area (Å²) in [4.78, 5) is 27.1. The highest BCUT2D eigenvalue weighted by atomic mass is 16.4. The van der Waals surface area contributed by atoms with E-state index in [1.807, 2.05) is 18.7 Å². The van der Waals surface area contributed by atoms with Crippen molar-refractivity contribution in [2.75, 3.05) is 32.7 Å². The van der Waals surface area contributed by atoms with E-state index in [1.165, 1.54) is 0 Å². The summed E-state index contributed by atoms with van der Waals surface area (Å²) in [6.07, 6.45) is 1.83. The van der Waals surface area contributed by atoms with Crippen molar-refractivity contribution in [1.29, 1.82) is 0 Å². The summed E-state index contributed by atoms with van der Waals surface area (Å²) in [6, 6.07) is 1.80. The lowest BCUT2D eigenvalue weighted by Gasteiger charge is -2.34. The van der Waals surface area contributed by atoms with Crippen molar-refractivity contribution in [2.45, 2.75) is 33.1 Å². The van der Waals surface area contributed by atoms with Crippen LogP contribution in [0.4, 0.5) is 0 Å². The Bertz CT molecular complexity index is 530. The summed E-state index contributed by atoms with van der Waals surface area (Å²) in [5.41, 5.74) is 0.660. The molecule has 2 rings (SSSR count). The molecule has 1 aliphatic heterocycles. The van der Waals surface area contributed by atoms with Gasteiger partial charge in [-0.05, 0) is 39.3 Å². The Labute approximate surface area is 130 Å². The fourth-order valence-corrected chi connectivity index (χ4v) is 2.80. The third kappa shape index (κ3) is 4.34. The van der Waals surface area contributed by atoms with E-state index in [0.717, 1.165) is 31.8 Å². The molecule has 6 heteroatoms. The lowest BCUT2D eigenvalue weighted by Crippen LogP contribution is -2.48. The lowest BCUT2D eigenvalue weighted by atomic mass is 10.2. The van der Waals surface area contributed by atoms with Crippen LogP contribution in [0.1, 0.15) is 41.1 Å². The molecule has 1 aromatic rings. The molecule has 0 unspecified atom stereocenters. The molecule has 0 radical (unpaired) electrons. The van der Waals surface area contributed by atoms with Gasteiger partial charge in [-0.25, -0.2) is 0 Å². The van der Waals surface area contributed by atoms with Crippen LogP contribution >= 0.6 is 0 Å². The van der Waals surface area contributed by atoms with Gasteiger partial charge in [0.1, 0.15) is 11.5 Å². The van der Waals surface area contributed by atoms with Crippen molar-refractivity contribution < 1.29 is 19.1 Å². The van der Waals surface area contributed by atoms with Crippen LogP contribution in [0.2, 0.25) is 0 Å². The van der Waals surface area contributed by atoms with Gasteiger partial charge < -0.3 is 14.4 Å². The van der Waals surface area contributed by atoms with Crippen molar-refractivity contribution >= 4 is 11.9 Å². The molecule has 2 heterocycles. The topological polar surface area (TPSA) is 74.0 Å². The molecule has 0 spiro atoms. The maximum absolute atomic E-state index is 12.5. The first-order chi connectivity index (χ1) is 10.5. The summed E-state index contributed by atoms with van der Waals surface area (Å²) in [5, 5.41) is 8.61. The van der Waals surface area contributed by atoms with Gasteiger partial charge in [0.15, 0.2) is 0 Å². The number of piperazine rings is 1. The predicted octanol–water partition coefficient (Wildman–Crippen LogP) is 1.91. The largest absolute Gasteiger partial charge is 0.481 e. The Hall–Kier alpha value is -1.82. The Morgan fingerprint density at radius 1 is 1.18 bits per heavy atom. The van der Waals surface area contributed by atoms with Crippen LogP contribution in [0, 0.1) is 13.8 Å². The highest BCUT2D eigenvalue weighted by Crippen LogP contribution is 2.17. The second kappa shape index (κ2) is 7.45. The number of unbranched alkanes of at least 4 members (excludes halogenated alkanes) is 1. The number of aryl methyl sites for hydroxylation is 2. The molecule has 0 atom stereocenters. The molecule has 1 amide bonds. The quantitative estimate of drug-likeness (QED) is 0.813. The molecule has 122 valence electrons. The van der Waals surface area contributed by atoms with E-state index in [4.69, 9.17) is 9.52 Å². The van der Waals surface area contributed by atoms with Gasteiger partial charge in [-0.15, -0.1) is 0 Å². The third-order valence-corrected chi connectivity index (χ3v) is 4.05. The van der Waals surface area contributed by atoms with E-state index >= 15 is 0 Å². The lowest BCUT2D eigenvalue weighted by molar-refractivity contribution is -0.137. The second-order valence-electron chi connectivity index (χ2n) is 5.81. The van der Waals surface area contributed by atoms with Gasteiger partial charge in [-0.2, -0.15) is 0 Å². The monoisotopic (exact) mass is 308 g/mol. The molecule has 0 aliphatic carbocycles. The normalized spacial score (nSPS) is 16.0. The van der Waals surface area contributed by atoms with Gasteiger partial charge in [0.2, 0.25) is 0 Å². The summed E-state index contributed by atoms with van der Waals surface area (Å²) in [6.45, 7) is 7.67. The summed E-state index contributed by atoms with van der Waals surface area (Å²) < 4.78 is 5.43. The maximum Gasteiger partial charge on any atom is 0.303 e. The first kappa shape index (κ1) is 16.5. The van der Waals surface area contributed by atoms with E-state index in [9.17, 15) is 9.59 Å². The minimum atomic E-state index is -0.735. The standard InChI is InChI=1S/C16H24N2O4/c1-12-11-14(13(2)22-12)16(21)18-9-7-17(8-10-18)6-4-3-5-15(19)20/h11H,3-10H2,1-2H3,(H,19,20). The average Bonchev–Trinajstić information content (AvgIpc) is 2.82. The number of furan rings is 1. The number of carboxylic acids is 1. The SMILES string of the molecule is Cc1cc(C(=O)N2CCN(CCCCC(=O)O)CC2)c(C)o1. The molecule has 22 heavy (non-hydrogen) atoms. The zero-order chi connectivity index (χ0) is 16.1. The second-order valence-corrected chi connectivity index (χ2v) is 5.81. The molecule has 1 aromatic heterocycles. The zero-order valence-electron chi connectivity index (χ0n) is 13.3. The van der Waals surface area contributed by atoms with Gasteiger partial charge in [-0.1, -0.05) is 0 Å². The van der Waals surface area contributed by atoms with Gasteiger partial charge in [0.05, 0.1) is 5.56 Å². The van der Waals surface area contributed by atoms with E-state index in [-0.39, 0.29) is 12.3 Å². The van der Waals surface area contributed by atoms with Crippen LogP contribution in [0.15, 0.2) is 10.5 Å². The molecule has 0 bridgehead atoms. The number of carboxylic acid groups (broad SMARTS) is 1. The van der Waals surface area contributed by atoms with Crippen LogP contribution in [0.3, 0.4) is 0 Å². The first-order valence-corrected chi connectivity index (χ1v) is 7.78. The van der Waals surface area contributed by atoms with E-state index in [0.29, 0.717) is 30.8 Å². The molecule has 1 saturated heterocycles. The molecule has 6 nitrogen and oxygen atoms in total. The Balaban J connectivity index is 1.76. The minimum absolute atomic E-state index is 0.0416. The highest BCUT2D eigenvalue weighted by Gasteiger charge is 2.24. The average molecular weight is 308 g/mol. The Morgan fingerprint density at radius 3 is 2.41 bits per heavy atom. The van der Waals surface area contributed by atoms with Gasteiger partial charge in [0.25, 0.3) is 5.91 Å². The first-order valence-electron chi connectivity index (χ1n) is 7.78. The number of aliphatic carboxylic acids is 1. The number of carbonyl (C=O) groups excluding carboxylic acids is 1. The van der Waals surface area contributed by atoms with Crippen molar-refractivity contribution in [3.8, 4) is 0 Å². The Morgan fingerprint density at radius 2 is 1.86 bits per heavy atom. The van der Waals surface area contributed by atoms with Crippen LogP contribution in [-0.2, 0) is 4.79 Å².